The van der Waals surface area contributed by atoms with Gasteiger partial charge in [0.15, 0.2) is 11.5 Å². The number of likely N-dealkylation sites (N-methyl/N-ethyl adjacent to an activating group) is 1. The normalized spacial score (nSPS) is 18.5. The molecule has 0 aromatic heterocycles. The number of nitrogens with one attached hydrogen (secondary N) is 1. The lowest BCUT2D eigenvalue weighted by Gasteiger charge is -2.27. The van der Waals surface area contributed by atoms with Gasteiger partial charge in [-0.15, -0.1) is 0 Å². The molecule has 1 heterocycles. The average Bonchev–Trinajstić information content (AvgIpc) is 2.98. The molecule has 0 aliphatic carbocycles. The zero-order valence-electron chi connectivity index (χ0n) is 16.6. The predicted octanol–water partition coefficient (Wildman–Crippen LogP) is 3.06. The number of carbonyl (C=O) groups is 2. The number of nitrogens with zero attached hydrogens (tertiary/aromatic N) is 2. The highest BCUT2D eigenvalue weighted by Gasteiger charge is 2.50. The largest absolute Gasteiger partial charge is 0.435 e. The number of nitrogens with two attached hydrogens (primary N) is 1. The molecule has 2 amide bonds. The molecule has 0 saturated carbocycles. The molecule has 3 N–H and O–H groups in total. The van der Waals surface area contributed by atoms with Gasteiger partial charge in [-0.25, -0.2) is 4.99 Å². The van der Waals surface area contributed by atoms with Gasteiger partial charge in [0.05, 0.1) is 0 Å². The van der Waals surface area contributed by atoms with Crippen molar-refractivity contribution in [3.05, 3.63) is 59.7 Å². The molecule has 2 aromatic carbocycles. The molecule has 9 heteroatoms. The van der Waals surface area contributed by atoms with Crippen LogP contribution in [0.5, 0.6) is 5.75 Å². The lowest BCUT2D eigenvalue weighted by Crippen LogP contribution is -2.43. The van der Waals surface area contributed by atoms with Crippen molar-refractivity contribution in [2.45, 2.75) is 32.4 Å². The first-order chi connectivity index (χ1) is 14.3. The zero-order valence-corrected chi connectivity index (χ0v) is 16.6. The molecular formula is C21H22F2N4O3. The third kappa shape index (κ3) is 3.83. The Morgan fingerprint density at radius 3 is 2.47 bits per heavy atom. The van der Waals surface area contributed by atoms with Crippen molar-refractivity contribution in [1.82, 2.24) is 4.90 Å². The van der Waals surface area contributed by atoms with Crippen LogP contribution >= 0.6 is 0 Å². The van der Waals surface area contributed by atoms with E-state index in [0.29, 0.717) is 29.8 Å². The molecular weight excluding hydrogens is 394 g/mol. The summed E-state index contributed by atoms with van der Waals surface area (Å²) >= 11 is 0. The second-order valence-electron chi connectivity index (χ2n) is 6.62. The second-order valence-corrected chi connectivity index (χ2v) is 6.62. The molecule has 1 unspecified atom stereocenters. The number of aliphatic imine (C=N–C) groups is 1. The van der Waals surface area contributed by atoms with Crippen LogP contribution in [0.3, 0.4) is 0 Å². The van der Waals surface area contributed by atoms with Crippen LogP contribution in [0.25, 0.3) is 0 Å². The molecule has 2 aromatic rings. The average molecular weight is 416 g/mol. The van der Waals surface area contributed by atoms with Crippen LogP contribution in [0.1, 0.15) is 31.4 Å². The molecule has 0 spiro atoms. The number of carbonyl (C=O) groups excluding carboxylic acids is 2. The van der Waals surface area contributed by atoms with E-state index in [1.807, 2.05) is 0 Å². The third-order valence-corrected chi connectivity index (χ3v) is 4.81. The number of rotatable bonds is 7. The topological polar surface area (TPSA) is 97.0 Å². The first-order valence-electron chi connectivity index (χ1n) is 9.44. The first-order valence-corrected chi connectivity index (χ1v) is 9.44. The van der Waals surface area contributed by atoms with Crippen molar-refractivity contribution in [2.24, 2.45) is 10.7 Å². The van der Waals surface area contributed by atoms with Gasteiger partial charge in [-0.2, -0.15) is 8.78 Å². The highest BCUT2D eigenvalue weighted by atomic mass is 19.3. The van der Waals surface area contributed by atoms with Crippen LogP contribution in [0.4, 0.5) is 14.5 Å². The van der Waals surface area contributed by atoms with E-state index in [2.05, 4.69) is 15.0 Å². The summed E-state index contributed by atoms with van der Waals surface area (Å²) in [6, 6.07) is 12.5. The number of hydrogen-bond acceptors (Lipinski definition) is 5. The quantitative estimate of drug-likeness (QED) is 0.725. The molecule has 1 atom stereocenters. The van der Waals surface area contributed by atoms with Gasteiger partial charge >= 0.3 is 6.61 Å². The highest BCUT2D eigenvalue weighted by molar-refractivity contribution is 6.09. The van der Waals surface area contributed by atoms with Gasteiger partial charge in [-0.1, -0.05) is 31.2 Å². The summed E-state index contributed by atoms with van der Waals surface area (Å²) in [5, 5.41) is 2.76. The maximum absolute atomic E-state index is 13.4. The number of benzene rings is 2. The Balaban J connectivity index is 2.12. The minimum absolute atomic E-state index is 0.0393. The summed E-state index contributed by atoms with van der Waals surface area (Å²) in [7, 11) is 0. The summed E-state index contributed by atoms with van der Waals surface area (Å²) in [4.78, 5) is 31.1. The van der Waals surface area contributed by atoms with Crippen molar-refractivity contribution >= 4 is 23.5 Å². The number of anilines is 1. The SMILES string of the molecule is CCC(=O)Nc1cccc(C2(c3ccc(OC(F)F)cc3)N=C(N)N(CC)C2=O)c1. The van der Waals surface area contributed by atoms with Crippen LogP contribution in [-0.2, 0) is 15.1 Å². The lowest BCUT2D eigenvalue weighted by molar-refractivity contribution is -0.130. The number of guanidine groups is 1. The fraction of sp³-hybridized carbons (Fsp3) is 0.286. The van der Waals surface area contributed by atoms with E-state index in [0.717, 1.165) is 0 Å². The van der Waals surface area contributed by atoms with Gasteiger partial charge in [0.1, 0.15) is 5.75 Å². The zero-order chi connectivity index (χ0) is 21.9. The summed E-state index contributed by atoms with van der Waals surface area (Å²) in [6.45, 7) is 0.859. The molecule has 0 radical (unpaired) electrons. The van der Waals surface area contributed by atoms with Gasteiger partial charge in [0.2, 0.25) is 5.91 Å². The second kappa shape index (κ2) is 8.48. The fourth-order valence-electron chi connectivity index (χ4n) is 3.38. The van der Waals surface area contributed by atoms with E-state index in [-0.39, 0.29) is 23.5 Å². The first kappa shape index (κ1) is 21.2. The van der Waals surface area contributed by atoms with E-state index < -0.39 is 12.2 Å². The number of ether oxygens (including phenoxy) is 1. The Kier molecular flexibility index (Phi) is 6.00. The van der Waals surface area contributed by atoms with Crippen molar-refractivity contribution < 1.29 is 23.1 Å². The van der Waals surface area contributed by atoms with Crippen LogP contribution in [0, 0.1) is 0 Å². The summed E-state index contributed by atoms with van der Waals surface area (Å²) < 4.78 is 29.4. The predicted molar refractivity (Wildman–Crippen MR) is 108 cm³/mol. The number of halogens is 2. The van der Waals surface area contributed by atoms with Gasteiger partial charge in [0.25, 0.3) is 5.91 Å². The molecule has 0 bridgehead atoms. The van der Waals surface area contributed by atoms with Crippen LogP contribution in [-0.4, -0.2) is 35.8 Å². The van der Waals surface area contributed by atoms with Crippen LogP contribution in [0.2, 0.25) is 0 Å². The summed E-state index contributed by atoms with van der Waals surface area (Å²) in [5.41, 5.74) is 5.96. The Bertz CT molecular complexity index is 978. The Hall–Kier alpha value is -3.49. The minimum atomic E-state index is -2.96. The number of hydrogen-bond donors (Lipinski definition) is 2. The van der Waals surface area contributed by atoms with Crippen molar-refractivity contribution in [3.8, 4) is 5.75 Å². The fourth-order valence-corrected chi connectivity index (χ4v) is 3.38. The van der Waals surface area contributed by atoms with E-state index in [1.165, 1.54) is 29.2 Å². The Morgan fingerprint density at radius 2 is 1.90 bits per heavy atom. The van der Waals surface area contributed by atoms with E-state index >= 15 is 0 Å². The van der Waals surface area contributed by atoms with Gasteiger partial charge < -0.3 is 15.8 Å². The molecule has 30 heavy (non-hydrogen) atoms. The monoisotopic (exact) mass is 416 g/mol. The van der Waals surface area contributed by atoms with Crippen LogP contribution < -0.4 is 15.8 Å². The maximum Gasteiger partial charge on any atom is 0.387 e. The van der Waals surface area contributed by atoms with Gasteiger partial charge in [-0.3, -0.25) is 14.5 Å². The Labute approximate surface area is 172 Å². The third-order valence-electron chi connectivity index (χ3n) is 4.81. The van der Waals surface area contributed by atoms with E-state index in [1.54, 1.807) is 38.1 Å². The van der Waals surface area contributed by atoms with Gasteiger partial charge in [-0.05, 0) is 42.3 Å². The summed E-state index contributed by atoms with van der Waals surface area (Å²) in [5.74, 6) is -0.532. The van der Waals surface area contributed by atoms with Gasteiger partial charge in [0, 0.05) is 18.7 Å². The lowest BCUT2D eigenvalue weighted by atomic mass is 9.82. The molecule has 0 fully saturated rings. The van der Waals surface area contributed by atoms with Crippen molar-refractivity contribution in [1.29, 1.82) is 0 Å². The molecule has 1 aliphatic rings. The van der Waals surface area contributed by atoms with Crippen LogP contribution in [0.15, 0.2) is 53.5 Å². The standard InChI is InChI=1S/C21H22F2N4O3/c1-3-17(28)25-15-7-5-6-14(12-15)21(18(29)27(4-2)20(24)26-21)13-8-10-16(11-9-13)30-19(22)23/h5-12,19H,3-4H2,1-2H3,(H2,24,26)(H,25,28). The molecule has 3 rings (SSSR count). The Morgan fingerprint density at radius 1 is 1.20 bits per heavy atom. The number of amides is 2. The molecule has 1 aliphatic heterocycles. The molecule has 0 saturated heterocycles. The van der Waals surface area contributed by atoms with E-state index in [4.69, 9.17) is 5.73 Å². The molecule has 158 valence electrons. The minimum Gasteiger partial charge on any atom is -0.435 e. The highest BCUT2D eigenvalue weighted by Crippen LogP contribution is 2.41. The molecule has 7 nitrogen and oxygen atoms in total. The smallest absolute Gasteiger partial charge is 0.387 e. The number of alkyl halides is 2. The van der Waals surface area contributed by atoms with E-state index in [9.17, 15) is 18.4 Å². The maximum atomic E-state index is 13.4. The van der Waals surface area contributed by atoms with Crippen molar-refractivity contribution in [3.63, 3.8) is 0 Å². The van der Waals surface area contributed by atoms with Crippen molar-refractivity contribution in [2.75, 3.05) is 11.9 Å². The summed E-state index contributed by atoms with van der Waals surface area (Å²) in [6.07, 6.45) is 0.300.